The monoisotopic (exact) mass is 244 g/mol. The van der Waals surface area contributed by atoms with Crippen molar-refractivity contribution in [3.63, 3.8) is 0 Å². The van der Waals surface area contributed by atoms with Gasteiger partial charge in [0.25, 0.3) is 0 Å². The van der Waals surface area contributed by atoms with Crippen LogP contribution in [0.4, 0.5) is 10.6 Å². The second-order valence-electron chi connectivity index (χ2n) is 4.13. The van der Waals surface area contributed by atoms with Gasteiger partial charge in [0, 0.05) is 0 Å². The molecule has 0 spiro atoms. The molecule has 0 fully saturated rings. The molecule has 0 aromatic carbocycles. The third-order valence-corrected chi connectivity index (χ3v) is 1.67. The SMILES string of the molecule is CC(C)(C)OC(=O)Nc1nc(Cl)ccc1O. The highest BCUT2D eigenvalue weighted by atomic mass is 35.5. The number of hydrogen-bond donors (Lipinski definition) is 2. The van der Waals surface area contributed by atoms with Crippen LogP contribution in [0, 0.1) is 0 Å². The summed E-state index contributed by atoms with van der Waals surface area (Å²) in [5.41, 5.74) is -0.613. The summed E-state index contributed by atoms with van der Waals surface area (Å²) in [6, 6.07) is 2.75. The molecular formula is C10H13ClN2O3. The van der Waals surface area contributed by atoms with Crippen molar-refractivity contribution in [2.45, 2.75) is 26.4 Å². The maximum atomic E-state index is 11.4. The van der Waals surface area contributed by atoms with Crippen molar-refractivity contribution in [1.29, 1.82) is 0 Å². The summed E-state index contributed by atoms with van der Waals surface area (Å²) in [7, 11) is 0. The second-order valence-corrected chi connectivity index (χ2v) is 4.52. The molecule has 2 N–H and O–H groups in total. The molecule has 0 radical (unpaired) electrons. The number of amides is 1. The molecule has 16 heavy (non-hydrogen) atoms. The van der Waals surface area contributed by atoms with E-state index < -0.39 is 11.7 Å². The van der Waals surface area contributed by atoms with Crippen LogP contribution in [0.5, 0.6) is 5.75 Å². The quantitative estimate of drug-likeness (QED) is 0.745. The molecule has 0 unspecified atom stereocenters. The van der Waals surface area contributed by atoms with Crippen LogP contribution >= 0.6 is 11.6 Å². The van der Waals surface area contributed by atoms with E-state index >= 15 is 0 Å². The number of anilines is 1. The highest BCUT2D eigenvalue weighted by molar-refractivity contribution is 6.29. The fourth-order valence-electron chi connectivity index (χ4n) is 0.920. The van der Waals surface area contributed by atoms with Crippen LogP contribution < -0.4 is 5.32 Å². The number of nitrogens with zero attached hydrogens (tertiary/aromatic N) is 1. The summed E-state index contributed by atoms with van der Waals surface area (Å²) in [5.74, 6) is -0.197. The van der Waals surface area contributed by atoms with E-state index in [0.717, 1.165) is 0 Å². The normalized spacial score (nSPS) is 11.0. The third kappa shape index (κ3) is 3.94. The zero-order valence-electron chi connectivity index (χ0n) is 9.24. The number of aromatic nitrogens is 1. The van der Waals surface area contributed by atoms with Crippen molar-refractivity contribution in [2.75, 3.05) is 5.32 Å². The van der Waals surface area contributed by atoms with E-state index in [4.69, 9.17) is 16.3 Å². The first-order chi connectivity index (χ1) is 7.28. The zero-order valence-corrected chi connectivity index (χ0v) is 10.00. The van der Waals surface area contributed by atoms with Crippen LogP contribution in [0.15, 0.2) is 12.1 Å². The molecule has 1 rings (SSSR count). The lowest BCUT2D eigenvalue weighted by molar-refractivity contribution is 0.0634. The standard InChI is InChI=1S/C10H13ClN2O3/c1-10(2,3)16-9(15)13-8-6(14)4-5-7(11)12-8/h4-5,14H,1-3H3,(H,12,13,15). The Labute approximate surface area is 98.4 Å². The van der Waals surface area contributed by atoms with Gasteiger partial charge in [-0.2, -0.15) is 0 Å². The van der Waals surface area contributed by atoms with Crippen molar-refractivity contribution < 1.29 is 14.6 Å². The molecule has 0 atom stereocenters. The lowest BCUT2D eigenvalue weighted by Crippen LogP contribution is -2.27. The maximum Gasteiger partial charge on any atom is 0.413 e. The fraction of sp³-hybridized carbons (Fsp3) is 0.400. The van der Waals surface area contributed by atoms with Gasteiger partial charge in [0.15, 0.2) is 11.6 Å². The van der Waals surface area contributed by atoms with Gasteiger partial charge in [-0.25, -0.2) is 9.78 Å². The number of nitrogens with one attached hydrogen (secondary N) is 1. The Morgan fingerprint density at radius 1 is 1.50 bits per heavy atom. The van der Waals surface area contributed by atoms with E-state index in [1.54, 1.807) is 20.8 Å². The first-order valence-electron chi connectivity index (χ1n) is 4.63. The van der Waals surface area contributed by atoms with Crippen molar-refractivity contribution in [3.05, 3.63) is 17.3 Å². The predicted molar refractivity (Wildman–Crippen MR) is 60.8 cm³/mol. The summed E-state index contributed by atoms with van der Waals surface area (Å²) >= 11 is 5.62. The molecular weight excluding hydrogens is 232 g/mol. The molecule has 0 aliphatic rings. The highest BCUT2D eigenvalue weighted by Gasteiger charge is 2.17. The maximum absolute atomic E-state index is 11.4. The van der Waals surface area contributed by atoms with Crippen molar-refractivity contribution >= 4 is 23.5 Å². The van der Waals surface area contributed by atoms with Crippen molar-refractivity contribution in [3.8, 4) is 5.75 Å². The largest absolute Gasteiger partial charge is 0.504 e. The number of ether oxygens (including phenoxy) is 1. The molecule has 0 saturated carbocycles. The minimum absolute atomic E-state index is 0.0262. The summed E-state index contributed by atoms with van der Waals surface area (Å²) in [6.45, 7) is 5.20. The summed E-state index contributed by atoms with van der Waals surface area (Å²) in [5, 5.41) is 11.9. The Kier molecular flexibility index (Phi) is 3.59. The van der Waals surface area contributed by atoms with E-state index in [-0.39, 0.29) is 16.7 Å². The number of carbonyl (C=O) groups is 1. The lowest BCUT2D eigenvalue weighted by atomic mass is 10.2. The minimum Gasteiger partial charge on any atom is -0.504 e. The second kappa shape index (κ2) is 4.57. The molecule has 1 amide bonds. The number of hydrogen-bond acceptors (Lipinski definition) is 4. The molecule has 1 aromatic rings. The molecule has 1 aromatic heterocycles. The number of rotatable bonds is 1. The Balaban J connectivity index is 2.73. The molecule has 88 valence electrons. The van der Waals surface area contributed by atoms with E-state index in [9.17, 15) is 9.90 Å². The summed E-state index contributed by atoms with van der Waals surface area (Å²) in [6.07, 6.45) is -0.697. The Morgan fingerprint density at radius 3 is 2.69 bits per heavy atom. The van der Waals surface area contributed by atoms with Crippen LogP contribution in [0.25, 0.3) is 0 Å². The highest BCUT2D eigenvalue weighted by Crippen LogP contribution is 2.23. The van der Waals surface area contributed by atoms with E-state index in [1.807, 2.05) is 0 Å². The molecule has 5 nitrogen and oxygen atoms in total. The van der Waals surface area contributed by atoms with Gasteiger partial charge in [-0.3, -0.25) is 5.32 Å². The van der Waals surface area contributed by atoms with Gasteiger partial charge >= 0.3 is 6.09 Å². The number of aromatic hydroxyl groups is 1. The van der Waals surface area contributed by atoms with E-state index in [0.29, 0.717) is 0 Å². The molecule has 6 heteroatoms. The summed E-state index contributed by atoms with van der Waals surface area (Å²) in [4.78, 5) is 15.1. The lowest BCUT2D eigenvalue weighted by Gasteiger charge is -2.19. The topological polar surface area (TPSA) is 71.5 Å². The zero-order chi connectivity index (χ0) is 12.3. The molecule has 1 heterocycles. The van der Waals surface area contributed by atoms with Crippen LogP contribution in [0.2, 0.25) is 5.15 Å². The molecule has 0 aliphatic carbocycles. The Hall–Kier alpha value is -1.49. The van der Waals surface area contributed by atoms with Crippen molar-refractivity contribution in [2.24, 2.45) is 0 Å². The number of carbonyl (C=O) groups excluding carboxylic acids is 1. The fourth-order valence-corrected chi connectivity index (χ4v) is 1.07. The van der Waals surface area contributed by atoms with Gasteiger partial charge in [-0.1, -0.05) is 11.6 Å². The smallest absolute Gasteiger partial charge is 0.413 e. The molecule has 0 aliphatic heterocycles. The van der Waals surface area contributed by atoms with Gasteiger partial charge < -0.3 is 9.84 Å². The van der Waals surface area contributed by atoms with Crippen LogP contribution in [-0.2, 0) is 4.74 Å². The molecule has 0 bridgehead atoms. The first-order valence-corrected chi connectivity index (χ1v) is 5.01. The average molecular weight is 245 g/mol. The van der Waals surface area contributed by atoms with Gasteiger partial charge in [0.05, 0.1) is 0 Å². The summed E-state index contributed by atoms with van der Waals surface area (Å²) < 4.78 is 4.99. The Morgan fingerprint density at radius 2 is 2.12 bits per heavy atom. The van der Waals surface area contributed by atoms with Gasteiger partial charge in [0.1, 0.15) is 10.8 Å². The van der Waals surface area contributed by atoms with Gasteiger partial charge in [0.2, 0.25) is 0 Å². The minimum atomic E-state index is -0.697. The van der Waals surface area contributed by atoms with Gasteiger partial charge in [-0.15, -0.1) is 0 Å². The van der Waals surface area contributed by atoms with E-state index in [2.05, 4.69) is 10.3 Å². The van der Waals surface area contributed by atoms with Gasteiger partial charge in [-0.05, 0) is 32.9 Å². The van der Waals surface area contributed by atoms with Crippen LogP contribution in [-0.4, -0.2) is 21.8 Å². The molecule has 0 saturated heterocycles. The van der Waals surface area contributed by atoms with Crippen LogP contribution in [0.3, 0.4) is 0 Å². The Bertz CT molecular complexity index is 402. The number of pyridine rings is 1. The number of halogens is 1. The first kappa shape index (κ1) is 12.6. The van der Waals surface area contributed by atoms with Crippen LogP contribution in [0.1, 0.15) is 20.8 Å². The average Bonchev–Trinajstić information content (AvgIpc) is 2.08. The predicted octanol–water partition coefficient (Wildman–Crippen LogP) is 2.79. The van der Waals surface area contributed by atoms with E-state index in [1.165, 1.54) is 12.1 Å². The van der Waals surface area contributed by atoms with Crippen molar-refractivity contribution in [1.82, 2.24) is 4.98 Å². The third-order valence-electron chi connectivity index (χ3n) is 1.46.